The van der Waals surface area contributed by atoms with Crippen LogP contribution in [0.3, 0.4) is 0 Å². The summed E-state index contributed by atoms with van der Waals surface area (Å²) in [5.41, 5.74) is 0. The highest BCUT2D eigenvalue weighted by molar-refractivity contribution is 5.81. The van der Waals surface area contributed by atoms with Gasteiger partial charge in [0.05, 0.1) is 25.9 Å². The van der Waals surface area contributed by atoms with Crippen molar-refractivity contribution in [3.05, 3.63) is 0 Å². The van der Waals surface area contributed by atoms with Crippen LogP contribution in [0.5, 0.6) is 0 Å². The molecule has 0 aromatic carbocycles. The summed E-state index contributed by atoms with van der Waals surface area (Å²) >= 11 is 0. The van der Waals surface area contributed by atoms with E-state index in [1.165, 1.54) is 0 Å². The van der Waals surface area contributed by atoms with Gasteiger partial charge in [-0.1, -0.05) is 13.8 Å². The van der Waals surface area contributed by atoms with Crippen LogP contribution in [-0.2, 0) is 9.53 Å². The van der Waals surface area contributed by atoms with Gasteiger partial charge in [0, 0.05) is 19.1 Å². The molecule has 1 aliphatic heterocycles. The fraction of sp³-hybridized carbons (Fsp3) is 0.917. The fourth-order valence-electron chi connectivity index (χ4n) is 1.91. The first kappa shape index (κ1) is 14.4. The van der Waals surface area contributed by atoms with Crippen LogP contribution < -0.4 is 5.32 Å². The Balaban J connectivity index is 2.44. The highest BCUT2D eigenvalue weighted by atomic mass is 16.5. The molecule has 0 aromatic heterocycles. The van der Waals surface area contributed by atoms with Crippen LogP contribution in [-0.4, -0.2) is 60.9 Å². The molecule has 0 radical (unpaired) electrons. The zero-order valence-corrected chi connectivity index (χ0v) is 11.0. The van der Waals surface area contributed by atoms with Crippen molar-refractivity contribution in [1.82, 2.24) is 10.2 Å². The molecule has 17 heavy (non-hydrogen) atoms. The molecule has 1 unspecified atom stereocenters. The summed E-state index contributed by atoms with van der Waals surface area (Å²) in [7, 11) is 0. The number of rotatable bonds is 5. The lowest BCUT2D eigenvalue weighted by Gasteiger charge is -2.31. The van der Waals surface area contributed by atoms with Crippen LogP contribution in [0, 0.1) is 5.92 Å². The number of hydrogen-bond acceptors (Lipinski definition) is 4. The number of hydrogen-bond donors (Lipinski definition) is 2. The summed E-state index contributed by atoms with van der Waals surface area (Å²) in [6.07, 6.45) is 0. The monoisotopic (exact) mass is 244 g/mol. The highest BCUT2D eigenvalue weighted by Gasteiger charge is 2.25. The van der Waals surface area contributed by atoms with Gasteiger partial charge in [0.1, 0.15) is 0 Å². The topological polar surface area (TPSA) is 61.8 Å². The predicted molar refractivity (Wildman–Crippen MR) is 65.7 cm³/mol. The third-order valence-electron chi connectivity index (χ3n) is 3.16. The number of nitrogens with one attached hydrogen (secondary N) is 1. The third-order valence-corrected chi connectivity index (χ3v) is 3.16. The Kier molecular flexibility index (Phi) is 5.88. The molecule has 0 aliphatic carbocycles. The zero-order chi connectivity index (χ0) is 12.8. The molecule has 2 atom stereocenters. The van der Waals surface area contributed by atoms with Crippen molar-refractivity contribution in [3.63, 3.8) is 0 Å². The van der Waals surface area contributed by atoms with E-state index >= 15 is 0 Å². The number of aliphatic hydroxyl groups is 1. The second-order valence-corrected chi connectivity index (χ2v) is 4.86. The van der Waals surface area contributed by atoms with Crippen LogP contribution in [0.15, 0.2) is 0 Å². The number of nitrogens with zero attached hydrogens (tertiary/aromatic N) is 1. The summed E-state index contributed by atoms with van der Waals surface area (Å²) in [6, 6.07) is -0.289. The lowest BCUT2D eigenvalue weighted by molar-refractivity contribution is -0.137. The van der Waals surface area contributed by atoms with Crippen molar-refractivity contribution in [2.24, 2.45) is 5.92 Å². The average molecular weight is 244 g/mol. The molecule has 5 nitrogen and oxygen atoms in total. The number of carbonyl (C=O) groups is 1. The first-order chi connectivity index (χ1) is 8.06. The van der Waals surface area contributed by atoms with Gasteiger partial charge >= 0.3 is 0 Å². The van der Waals surface area contributed by atoms with Crippen LogP contribution in [0.4, 0.5) is 0 Å². The summed E-state index contributed by atoms with van der Waals surface area (Å²) in [5.74, 6) is 0.396. The normalized spacial score (nSPS) is 20.4. The van der Waals surface area contributed by atoms with E-state index in [1.54, 1.807) is 0 Å². The standard InChI is InChI=1S/C12H24N2O3/c1-9(2)11(8-15)13-10(3)12(16)14-4-6-17-7-5-14/h9-11,13,15H,4-8H2,1-3H3/t10?,11-/m1/s1. The van der Waals surface area contributed by atoms with Crippen molar-refractivity contribution in [2.75, 3.05) is 32.9 Å². The van der Waals surface area contributed by atoms with E-state index in [2.05, 4.69) is 5.32 Å². The van der Waals surface area contributed by atoms with Gasteiger partial charge < -0.3 is 20.1 Å². The Morgan fingerprint density at radius 1 is 1.35 bits per heavy atom. The highest BCUT2D eigenvalue weighted by Crippen LogP contribution is 2.05. The molecule has 0 saturated carbocycles. The minimum absolute atomic E-state index is 0.0324. The quantitative estimate of drug-likeness (QED) is 0.705. The van der Waals surface area contributed by atoms with Gasteiger partial charge in [0.25, 0.3) is 0 Å². The minimum Gasteiger partial charge on any atom is -0.395 e. The summed E-state index contributed by atoms with van der Waals surface area (Å²) in [6.45, 7) is 8.52. The molecule has 1 rings (SSSR count). The molecule has 2 N–H and O–H groups in total. The summed E-state index contributed by atoms with van der Waals surface area (Å²) in [5, 5.41) is 12.4. The average Bonchev–Trinajstić information content (AvgIpc) is 2.35. The van der Waals surface area contributed by atoms with Crippen molar-refractivity contribution in [3.8, 4) is 0 Å². The molecule has 0 aromatic rings. The maximum Gasteiger partial charge on any atom is 0.239 e. The van der Waals surface area contributed by atoms with Gasteiger partial charge in [-0.25, -0.2) is 0 Å². The summed E-state index contributed by atoms with van der Waals surface area (Å²) < 4.78 is 5.22. The minimum atomic E-state index is -0.257. The van der Waals surface area contributed by atoms with Gasteiger partial charge in [0.2, 0.25) is 5.91 Å². The van der Waals surface area contributed by atoms with E-state index in [0.717, 1.165) is 0 Å². The molecule has 1 fully saturated rings. The van der Waals surface area contributed by atoms with E-state index in [9.17, 15) is 9.90 Å². The molecule has 1 amide bonds. The molecular formula is C12H24N2O3. The lowest BCUT2D eigenvalue weighted by atomic mass is 10.0. The van der Waals surface area contributed by atoms with Crippen LogP contribution in [0.25, 0.3) is 0 Å². The molecule has 0 spiro atoms. The Hall–Kier alpha value is -0.650. The Labute approximate surface area is 103 Å². The van der Waals surface area contributed by atoms with Crippen LogP contribution >= 0.6 is 0 Å². The van der Waals surface area contributed by atoms with E-state index in [-0.39, 0.29) is 24.6 Å². The SMILES string of the molecule is CC(N[C@H](CO)C(C)C)C(=O)N1CCOCC1. The first-order valence-corrected chi connectivity index (χ1v) is 6.29. The van der Waals surface area contributed by atoms with Crippen molar-refractivity contribution < 1.29 is 14.6 Å². The molecule has 100 valence electrons. The molecule has 1 aliphatic rings. The van der Waals surface area contributed by atoms with Gasteiger partial charge in [0.15, 0.2) is 0 Å². The number of carbonyl (C=O) groups excluding carboxylic acids is 1. The maximum absolute atomic E-state index is 12.1. The van der Waals surface area contributed by atoms with Gasteiger partial charge in [-0.15, -0.1) is 0 Å². The fourth-order valence-corrected chi connectivity index (χ4v) is 1.91. The maximum atomic E-state index is 12.1. The van der Waals surface area contributed by atoms with Crippen molar-refractivity contribution in [2.45, 2.75) is 32.9 Å². The Morgan fingerprint density at radius 3 is 2.41 bits per heavy atom. The molecule has 1 saturated heterocycles. The summed E-state index contributed by atoms with van der Waals surface area (Å²) in [4.78, 5) is 13.9. The Bertz CT molecular complexity index is 240. The smallest absolute Gasteiger partial charge is 0.239 e. The predicted octanol–water partition coefficient (Wildman–Crippen LogP) is -0.160. The van der Waals surface area contributed by atoms with Crippen LogP contribution in [0.2, 0.25) is 0 Å². The molecule has 1 heterocycles. The van der Waals surface area contributed by atoms with Gasteiger partial charge in [-0.3, -0.25) is 4.79 Å². The van der Waals surface area contributed by atoms with E-state index in [0.29, 0.717) is 32.2 Å². The Morgan fingerprint density at radius 2 is 1.94 bits per heavy atom. The molecule has 0 bridgehead atoms. The van der Waals surface area contributed by atoms with Gasteiger partial charge in [-0.05, 0) is 12.8 Å². The number of ether oxygens (including phenoxy) is 1. The van der Waals surface area contributed by atoms with Crippen LogP contribution in [0.1, 0.15) is 20.8 Å². The third kappa shape index (κ3) is 4.26. The largest absolute Gasteiger partial charge is 0.395 e. The number of amides is 1. The van der Waals surface area contributed by atoms with E-state index in [4.69, 9.17) is 4.74 Å². The number of aliphatic hydroxyl groups excluding tert-OH is 1. The second-order valence-electron chi connectivity index (χ2n) is 4.86. The van der Waals surface area contributed by atoms with Crippen molar-refractivity contribution in [1.29, 1.82) is 0 Å². The molecule has 5 heteroatoms. The zero-order valence-electron chi connectivity index (χ0n) is 11.0. The lowest BCUT2D eigenvalue weighted by Crippen LogP contribution is -2.53. The van der Waals surface area contributed by atoms with Crippen molar-refractivity contribution >= 4 is 5.91 Å². The first-order valence-electron chi connectivity index (χ1n) is 6.29. The van der Waals surface area contributed by atoms with E-state index < -0.39 is 0 Å². The molecular weight excluding hydrogens is 220 g/mol. The number of morpholine rings is 1. The second kappa shape index (κ2) is 6.93. The van der Waals surface area contributed by atoms with Gasteiger partial charge in [-0.2, -0.15) is 0 Å². The van der Waals surface area contributed by atoms with E-state index in [1.807, 2.05) is 25.7 Å².